The molecule has 0 fully saturated rings. The van der Waals surface area contributed by atoms with Crippen LogP contribution in [0.3, 0.4) is 0 Å². The van der Waals surface area contributed by atoms with E-state index in [2.05, 4.69) is 20.7 Å². The minimum absolute atomic E-state index is 0.00844. The maximum Gasteiger partial charge on any atom is 0.166 e. The van der Waals surface area contributed by atoms with Gasteiger partial charge in [0.05, 0.1) is 24.0 Å². The molecule has 0 bridgehead atoms. The van der Waals surface area contributed by atoms with Crippen LogP contribution in [0.25, 0.3) is 0 Å². The van der Waals surface area contributed by atoms with E-state index < -0.39 is 0 Å². The average molecular weight is 341 g/mol. The highest BCUT2D eigenvalue weighted by Crippen LogP contribution is 2.10. The van der Waals surface area contributed by atoms with Gasteiger partial charge in [-0.05, 0) is 12.1 Å². The highest BCUT2D eigenvalue weighted by molar-refractivity contribution is 6.12. The van der Waals surface area contributed by atoms with Crippen LogP contribution in [0.5, 0.6) is 0 Å². The second kappa shape index (κ2) is 8.83. The molecule has 2 rings (SSSR count). The van der Waals surface area contributed by atoms with Gasteiger partial charge in [0, 0.05) is 11.6 Å². The first-order valence-electron chi connectivity index (χ1n) is 7.21. The largest absolute Gasteiger partial charge is 0.396 e. The number of hydrogen-bond acceptors (Lipinski definition) is 7. The number of hydrazone groups is 1. The van der Waals surface area contributed by atoms with Crippen molar-refractivity contribution in [2.24, 2.45) is 21.6 Å². The quantitative estimate of drug-likeness (QED) is 0.226. The van der Waals surface area contributed by atoms with E-state index in [1.807, 2.05) is 6.07 Å². The van der Waals surface area contributed by atoms with Gasteiger partial charge < -0.3 is 16.0 Å². The molecule has 2 aromatic rings. The first-order valence-corrected chi connectivity index (χ1v) is 7.21. The van der Waals surface area contributed by atoms with Crippen molar-refractivity contribution in [3.8, 4) is 6.07 Å². The number of nitrogens with one attached hydrogen (secondary N) is 1. The minimum Gasteiger partial charge on any atom is -0.396 e. The van der Waals surface area contributed by atoms with E-state index in [0.29, 0.717) is 17.0 Å². The van der Waals surface area contributed by atoms with Crippen LogP contribution in [-0.4, -0.2) is 23.2 Å². The lowest BCUT2D eigenvalue weighted by Gasteiger charge is -2.04. The number of allylic oxidation sites excluding steroid dienone is 1. The van der Waals surface area contributed by atoms with E-state index in [-0.39, 0.29) is 30.4 Å². The highest BCUT2D eigenvalue weighted by Gasteiger charge is 2.08. The van der Waals surface area contributed by atoms with Crippen LogP contribution in [-0.2, 0) is 6.54 Å². The fourth-order valence-corrected chi connectivity index (χ4v) is 1.79. The van der Waals surface area contributed by atoms with Crippen LogP contribution in [0.1, 0.15) is 11.3 Å². The Balaban J connectivity index is 2.26. The van der Waals surface area contributed by atoms with Gasteiger partial charge in [-0.1, -0.05) is 23.4 Å². The Morgan fingerprint density at radius 1 is 1.36 bits per heavy atom. The van der Waals surface area contributed by atoms with E-state index >= 15 is 0 Å². The lowest BCUT2D eigenvalue weighted by atomic mass is 10.2. The third-order valence-corrected chi connectivity index (χ3v) is 3.02. The molecule has 128 valence electrons. The Morgan fingerprint density at radius 2 is 2.16 bits per heavy atom. The molecular weight excluding hydrogens is 325 g/mol. The predicted octanol–water partition coefficient (Wildman–Crippen LogP) is 1.03. The minimum atomic E-state index is -0.357. The number of nitriles is 1. The summed E-state index contributed by atoms with van der Waals surface area (Å²) in [5, 5.41) is 16.0. The number of aromatic nitrogens is 1. The third kappa shape index (κ3) is 5.18. The topological polar surface area (TPSA) is 139 Å². The summed E-state index contributed by atoms with van der Waals surface area (Å²) in [6.45, 7) is 0.0773. The molecule has 0 amide bonds. The average Bonchev–Trinajstić information content (AvgIpc) is 3.14. The summed E-state index contributed by atoms with van der Waals surface area (Å²) in [6, 6.07) is 9.76. The summed E-state index contributed by atoms with van der Waals surface area (Å²) in [6.07, 6.45) is 2.83. The summed E-state index contributed by atoms with van der Waals surface area (Å²) >= 11 is 0. The fraction of sp³-hybridized carbons (Fsp3) is 0.125. The summed E-state index contributed by atoms with van der Waals surface area (Å²) in [5.74, 6) is -0.373. The molecule has 5 N–H and O–H groups in total. The Bertz CT molecular complexity index is 834. The molecule has 0 saturated carbocycles. The molecule has 1 heterocycles. The molecular formula is C16H16FN7O. The molecule has 0 unspecified atom stereocenters. The highest BCUT2D eigenvalue weighted by atomic mass is 19.1. The number of hydrogen-bond donors (Lipinski definition) is 3. The first-order chi connectivity index (χ1) is 12.1. The number of nitrogens with two attached hydrogens (primary N) is 2. The van der Waals surface area contributed by atoms with E-state index in [9.17, 15) is 4.39 Å². The molecule has 1 aromatic carbocycles. The normalized spacial score (nSPS) is 12.7. The molecule has 0 aliphatic rings. The van der Waals surface area contributed by atoms with Crippen LogP contribution >= 0.6 is 0 Å². The summed E-state index contributed by atoms with van der Waals surface area (Å²) in [4.78, 5) is 4.33. The monoisotopic (exact) mass is 341 g/mol. The third-order valence-electron chi connectivity index (χ3n) is 3.02. The zero-order chi connectivity index (χ0) is 18.1. The Hall–Kier alpha value is -3.67. The second-order valence-electron chi connectivity index (χ2n) is 4.77. The molecule has 0 aliphatic heterocycles. The van der Waals surface area contributed by atoms with Crippen LogP contribution in [0.2, 0.25) is 0 Å². The lowest BCUT2D eigenvalue weighted by Crippen LogP contribution is -2.25. The number of nitrogens with zero attached hydrogens (tertiary/aromatic N) is 4. The molecule has 8 nitrogen and oxygen atoms in total. The zero-order valence-corrected chi connectivity index (χ0v) is 13.2. The molecule has 25 heavy (non-hydrogen) atoms. The molecule has 0 atom stereocenters. The maximum absolute atomic E-state index is 13.7. The van der Waals surface area contributed by atoms with Crippen LogP contribution in [0.4, 0.5) is 4.39 Å². The van der Waals surface area contributed by atoms with Crippen molar-refractivity contribution in [3.05, 3.63) is 65.4 Å². The van der Waals surface area contributed by atoms with Gasteiger partial charge in [-0.15, -0.1) is 0 Å². The Labute approximate surface area is 143 Å². The Morgan fingerprint density at radius 3 is 2.84 bits per heavy atom. The molecule has 1 aromatic heterocycles. The van der Waals surface area contributed by atoms with Gasteiger partial charge in [-0.3, -0.25) is 10.4 Å². The summed E-state index contributed by atoms with van der Waals surface area (Å²) in [5.41, 5.74) is 15.3. The number of halogens is 1. The van der Waals surface area contributed by atoms with Crippen molar-refractivity contribution in [1.29, 1.82) is 5.26 Å². The number of aliphatic imine (C=N–C) groups is 1. The van der Waals surface area contributed by atoms with E-state index in [4.69, 9.17) is 21.3 Å². The molecule has 0 radical (unpaired) electrons. The van der Waals surface area contributed by atoms with Crippen molar-refractivity contribution >= 4 is 11.5 Å². The van der Waals surface area contributed by atoms with Crippen molar-refractivity contribution in [3.63, 3.8) is 0 Å². The van der Waals surface area contributed by atoms with Crippen molar-refractivity contribution in [1.82, 2.24) is 10.6 Å². The fourth-order valence-electron chi connectivity index (χ4n) is 1.79. The predicted molar refractivity (Wildman–Crippen MR) is 90.7 cm³/mol. The Kier molecular flexibility index (Phi) is 6.24. The molecule has 9 heteroatoms. The SMILES string of the molecule is N#CCN/N=C(\N)C(N)=CC(=NCc1ccccc1F)c1ccon1. The zero-order valence-electron chi connectivity index (χ0n) is 13.2. The molecule has 0 saturated heterocycles. The van der Waals surface area contributed by atoms with Crippen molar-refractivity contribution in [2.75, 3.05) is 6.54 Å². The van der Waals surface area contributed by atoms with E-state index in [1.54, 1.807) is 24.3 Å². The smallest absolute Gasteiger partial charge is 0.166 e. The molecule has 0 spiro atoms. The maximum atomic E-state index is 13.7. The van der Waals surface area contributed by atoms with Crippen LogP contribution in [0, 0.1) is 17.1 Å². The van der Waals surface area contributed by atoms with Gasteiger partial charge >= 0.3 is 0 Å². The van der Waals surface area contributed by atoms with Gasteiger partial charge in [0.25, 0.3) is 0 Å². The van der Waals surface area contributed by atoms with Crippen LogP contribution in [0.15, 0.2) is 63.0 Å². The van der Waals surface area contributed by atoms with Crippen LogP contribution < -0.4 is 16.9 Å². The number of amidine groups is 1. The van der Waals surface area contributed by atoms with Gasteiger partial charge in [-0.25, -0.2) is 4.39 Å². The van der Waals surface area contributed by atoms with Crippen molar-refractivity contribution in [2.45, 2.75) is 6.54 Å². The van der Waals surface area contributed by atoms with Gasteiger partial charge in [-0.2, -0.15) is 10.4 Å². The summed E-state index contributed by atoms with van der Waals surface area (Å²) in [7, 11) is 0. The first kappa shape index (κ1) is 17.7. The lowest BCUT2D eigenvalue weighted by molar-refractivity contribution is 0.418. The number of rotatable bonds is 7. The standard InChI is InChI=1S/C16H16FN7O/c17-12-4-2-1-3-11(12)10-21-15(14-5-8-25-24-14)9-13(19)16(20)23-22-7-6-18/h1-5,8-9,22H,7,10,19H2,(H2,20,23). The van der Waals surface area contributed by atoms with Gasteiger partial charge in [0.1, 0.15) is 24.3 Å². The number of benzene rings is 1. The van der Waals surface area contributed by atoms with E-state index in [1.165, 1.54) is 18.4 Å². The van der Waals surface area contributed by atoms with Gasteiger partial charge in [0.15, 0.2) is 5.84 Å². The van der Waals surface area contributed by atoms with Crippen molar-refractivity contribution < 1.29 is 8.91 Å². The summed E-state index contributed by atoms with van der Waals surface area (Å²) < 4.78 is 18.5. The molecule has 0 aliphatic carbocycles. The van der Waals surface area contributed by atoms with Gasteiger partial charge in [0.2, 0.25) is 0 Å². The second-order valence-corrected chi connectivity index (χ2v) is 4.77. The van der Waals surface area contributed by atoms with E-state index in [0.717, 1.165) is 0 Å².